The molecule has 44 valence electrons. The summed E-state index contributed by atoms with van der Waals surface area (Å²) in [7, 11) is 1.63. The van der Waals surface area contributed by atoms with E-state index < -0.39 is 0 Å². The number of methoxy groups -OCH3 is 1. The average Bonchev–Trinajstić information content (AvgIpc) is 2.19. The fourth-order valence-corrected chi connectivity index (χ4v) is 0.823. The molecule has 0 saturated heterocycles. The molecule has 1 rings (SSSR count). The monoisotopic (exact) mass is 130 g/mol. The lowest BCUT2D eigenvalue weighted by Gasteiger charge is -1.86. The van der Waals surface area contributed by atoms with E-state index in [-0.39, 0.29) is 0 Å². The van der Waals surface area contributed by atoms with Crippen LogP contribution in [0.3, 0.4) is 0 Å². The van der Waals surface area contributed by atoms with E-state index in [2.05, 4.69) is 9.36 Å². The van der Waals surface area contributed by atoms with Gasteiger partial charge in [0, 0.05) is 7.11 Å². The minimum atomic E-state index is 0.517. The molecular formula is C4H6N2OS. The molecule has 0 aliphatic carbocycles. The molecule has 1 heterocycles. The van der Waals surface area contributed by atoms with Gasteiger partial charge in [0.1, 0.15) is 12.1 Å². The minimum Gasteiger partial charge on any atom is -0.377 e. The molecule has 0 N–H and O–H groups in total. The number of aromatic nitrogens is 2. The van der Waals surface area contributed by atoms with E-state index in [1.165, 1.54) is 11.5 Å². The van der Waals surface area contributed by atoms with Crippen molar-refractivity contribution in [2.75, 3.05) is 7.11 Å². The minimum absolute atomic E-state index is 0.517. The highest BCUT2D eigenvalue weighted by Gasteiger charge is 1.90. The molecule has 1 aromatic heterocycles. The Hall–Kier alpha value is -0.480. The van der Waals surface area contributed by atoms with Crippen LogP contribution in [0.25, 0.3) is 0 Å². The van der Waals surface area contributed by atoms with Crippen LogP contribution in [0.4, 0.5) is 0 Å². The third-order valence-electron chi connectivity index (χ3n) is 0.680. The maximum atomic E-state index is 4.77. The second-order valence-electron chi connectivity index (χ2n) is 1.28. The van der Waals surface area contributed by atoms with E-state index in [9.17, 15) is 0 Å². The van der Waals surface area contributed by atoms with Gasteiger partial charge in [-0.15, -0.1) is 0 Å². The highest BCUT2D eigenvalue weighted by atomic mass is 32.1. The molecular weight excluding hydrogens is 124 g/mol. The zero-order valence-corrected chi connectivity index (χ0v) is 5.31. The summed E-state index contributed by atoms with van der Waals surface area (Å²) >= 11 is 1.34. The molecule has 3 nitrogen and oxygen atoms in total. The normalized spacial score (nSPS) is 9.62. The number of ether oxygens (including phenoxy) is 1. The van der Waals surface area contributed by atoms with Crippen LogP contribution in [0.15, 0.2) is 5.51 Å². The molecule has 4 heteroatoms. The number of nitrogens with zero attached hydrogens (tertiary/aromatic N) is 2. The van der Waals surface area contributed by atoms with Crippen LogP contribution in [0.1, 0.15) is 5.82 Å². The van der Waals surface area contributed by atoms with Crippen molar-refractivity contribution in [1.29, 1.82) is 0 Å². The van der Waals surface area contributed by atoms with E-state index in [1.54, 1.807) is 12.6 Å². The van der Waals surface area contributed by atoms with Crippen molar-refractivity contribution in [3.8, 4) is 0 Å². The first-order valence-electron chi connectivity index (χ1n) is 2.17. The van der Waals surface area contributed by atoms with E-state index in [0.717, 1.165) is 5.82 Å². The standard InChI is InChI=1S/C4H6N2OS/c1-7-2-4-5-3-8-6-4/h3H,2H2,1H3. The fraction of sp³-hybridized carbons (Fsp3) is 0.500. The van der Waals surface area contributed by atoms with Crippen molar-refractivity contribution in [2.24, 2.45) is 0 Å². The van der Waals surface area contributed by atoms with Crippen LogP contribution in [-0.4, -0.2) is 16.5 Å². The molecule has 1 aromatic rings. The van der Waals surface area contributed by atoms with Crippen molar-refractivity contribution in [1.82, 2.24) is 9.36 Å². The molecule has 0 bridgehead atoms. The zero-order valence-electron chi connectivity index (χ0n) is 4.50. The molecule has 0 aliphatic heterocycles. The Morgan fingerprint density at radius 3 is 3.25 bits per heavy atom. The molecule has 0 unspecified atom stereocenters. The lowest BCUT2D eigenvalue weighted by molar-refractivity contribution is 0.179. The zero-order chi connectivity index (χ0) is 5.82. The summed E-state index contributed by atoms with van der Waals surface area (Å²) in [6.07, 6.45) is 0. The van der Waals surface area contributed by atoms with Gasteiger partial charge in [-0.1, -0.05) is 0 Å². The van der Waals surface area contributed by atoms with Gasteiger partial charge in [-0.05, 0) is 11.5 Å². The predicted molar refractivity (Wildman–Crippen MR) is 30.6 cm³/mol. The molecule has 0 amide bonds. The Kier molecular flexibility index (Phi) is 1.93. The number of rotatable bonds is 2. The molecule has 0 saturated carbocycles. The third-order valence-corrected chi connectivity index (χ3v) is 1.20. The largest absolute Gasteiger partial charge is 0.377 e. The van der Waals surface area contributed by atoms with E-state index in [4.69, 9.17) is 4.74 Å². The van der Waals surface area contributed by atoms with E-state index in [0.29, 0.717) is 6.61 Å². The SMILES string of the molecule is COCc1ncsn1. The van der Waals surface area contributed by atoms with Crippen molar-refractivity contribution in [3.63, 3.8) is 0 Å². The van der Waals surface area contributed by atoms with Gasteiger partial charge in [0.05, 0.1) is 0 Å². The van der Waals surface area contributed by atoms with Crippen molar-refractivity contribution >= 4 is 11.5 Å². The van der Waals surface area contributed by atoms with Gasteiger partial charge in [-0.25, -0.2) is 4.98 Å². The van der Waals surface area contributed by atoms with E-state index in [1.807, 2.05) is 0 Å². The van der Waals surface area contributed by atoms with Crippen molar-refractivity contribution in [2.45, 2.75) is 6.61 Å². The van der Waals surface area contributed by atoms with Crippen LogP contribution in [-0.2, 0) is 11.3 Å². The predicted octanol–water partition coefficient (Wildman–Crippen LogP) is 0.685. The lowest BCUT2D eigenvalue weighted by atomic mass is 10.7. The summed E-state index contributed by atoms with van der Waals surface area (Å²) in [5.41, 5.74) is 1.69. The third kappa shape index (κ3) is 1.24. The summed E-state index contributed by atoms with van der Waals surface area (Å²) < 4.78 is 8.68. The Morgan fingerprint density at radius 1 is 1.88 bits per heavy atom. The van der Waals surface area contributed by atoms with Gasteiger partial charge in [0.25, 0.3) is 0 Å². The Bertz CT molecular complexity index is 140. The first-order valence-corrected chi connectivity index (χ1v) is 3.01. The van der Waals surface area contributed by atoms with Crippen LogP contribution in [0.2, 0.25) is 0 Å². The first kappa shape index (κ1) is 5.65. The molecule has 0 radical (unpaired) electrons. The van der Waals surface area contributed by atoms with Crippen LogP contribution >= 0.6 is 11.5 Å². The van der Waals surface area contributed by atoms with Crippen LogP contribution in [0, 0.1) is 0 Å². The van der Waals surface area contributed by atoms with Gasteiger partial charge in [0.2, 0.25) is 0 Å². The summed E-state index contributed by atoms with van der Waals surface area (Å²) in [4.78, 5) is 3.89. The topological polar surface area (TPSA) is 35.0 Å². The second kappa shape index (κ2) is 2.74. The van der Waals surface area contributed by atoms with Crippen molar-refractivity contribution in [3.05, 3.63) is 11.3 Å². The Labute approximate surface area is 51.5 Å². The highest BCUT2D eigenvalue weighted by molar-refractivity contribution is 7.03. The van der Waals surface area contributed by atoms with E-state index >= 15 is 0 Å². The maximum Gasteiger partial charge on any atom is 0.167 e. The Morgan fingerprint density at radius 2 is 2.75 bits per heavy atom. The second-order valence-corrected chi connectivity index (χ2v) is 1.88. The van der Waals surface area contributed by atoms with Crippen molar-refractivity contribution < 1.29 is 4.74 Å². The first-order chi connectivity index (χ1) is 3.93. The smallest absolute Gasteiger partial charge is 0.167 e. The summed E-state index contributed by atoms with van der Waals surface area (Å²) in [6, 6.07) is 0. The fourth-order valence-electron chi connectivity index (χ4n) is 0.385. The number of hydrogen-bond acceptors (Lipinski definition) is 4. The maximum absolute atomic E-state index is 4.77. The molecule has 0 aromatic carbocycles. The summed E-state index contributed by atoms with van der Waals surface area (Å²) in [5.74, 6) is 0.762. The Balaban J connectivity index is 2.50. The quantitative estimate of drug-likeness (QED) is 0.590. The van der Waals surface area contributed by atoms with Gasteiger partial charge in [-0.2, -0.15) is 4.37 Å². The molecule has 0 atom stereocenters. The van der Waals surface area contributed by atoms with Crippen LogP contribution in [0.5, 0.6) is 0 Å². The van der Waals surface area contributed by atoms with Crippen LogP contribution < -0.4 is 0 Å². The highest BCUT2D eigenvalue weighted by Crippen LogP contribution is 1.93. The summed E-state index contributed by atoms with van der Waals surface area (Å²) in [5, 5.41) is 0. The van der Waals surface area contributed by atoms with Gasteiger partial charge in [-0.3, -0.25) is 0 Å². The molecule has 0 fully saturated rings. The lowest BCUT2D eigenvalue weighted by Crippen LogP contribution is -1.87. The average molecular weight is 130 g/mol. The summed E-state index contributed by atoms with van der Waals surface area (Å²) in [6.45, 7) is 0.517. The van der Waals surface area contributed by atoms with Gasteiger partial charge < -0.3 is 4.74 Å². The molecule has 0 spiro atoms. The van der Waals surface area contributed by atoms with Gasteiger partial charge in [0.15, 0.2) is 5.82 Å². The van der Waals surface area contributed by atoms with Gasteiger partial charge >= 0.3 is 0 Å². The molecule has 8 heavy (non-hydrogen) atoms. The molecule has 0 aliphatic rings. The number of hydrogen-bond donors (Lipinski definition) is 0.